The van der Waals surface area contributed by atoms with E-state index in [1.165, 1.54) is 0 Å². The maximum atomic E-state index is 5.59. The minimum absolute atomic E-state index is 0.161. The fraction of sp³-hybridized carbons (Fsp3) is 0.533. The Hall–Kier alpha value is -1.75. The van der Waals surface area contributed by atoms with Crippen LogP contribution in [0.15, 0.2) is 12.4 Å². The number of hydrogen-bond acceptors (Lipinski definition) is 5. The predicted molar refractivity (Wildman–Crippen MR) is 81.2 cm³/mol. The number of likely N-dealkylation sites (N-methyl/N-ethyl adjacent to an activating group) is 1. The zero-order valence-corrected chi connectivity index (χ0v) is 12.8. The SMILES string of the molecule is CCOC(C)CN(C)c1ncnc2nc(C)cc(C)c12. The summed E-state index contributed by atoms with van der Waals surface area (Å²) < 4.78 is 5.59. The average Bonchev–Trinajstić information content (AvgIpc) is 2.37. The summed E-state index contributed by atoms with van der Waals surface area (Å²) in [7, 11) is 2.02. The lowest BCUT2D eigenvalue weighted by Gasteiger charge is -2.23. The highest BCUT2D eigenvalue weighted by molar-refractivity contribution is 5.89. The topological polar surface area (TPSA) is 51.1 Å². The Morgan fingerprint density at radius 1 is 1.30 bits per heavy atom. The van der Waals surface area contributed by atoms with Crippen molar-refractivity contribution < 1.29 is 4.74 Å². The number of hydrogen-bond donors (Lipinski definition) is 0. The zero-order chi connectivity index (χ0) is 14.7. The van der Waals surface area contributed by atoms with E-state index in [0.717, 1.165) is 41.3 Å². The molecule has 2 aromatic heterocycles. The summed E-state index contributed by atoms with van der Waals surface area (Å²) in [6.45, 7) is 9.64. The van der Waals surface area contributed by atoms with Crippen LogP contribution in [-0.2, 0) is 4.74 Å². The van der Waals surface area contributed by atoms with Crippen LogP contribution in [0.5, 0.6) is 0 Å². The Bertz CT molecular complexity index is 600. The van der Waals surface area contributed by atoms with Crippen molar-refractivity contribution in [3.8, 4) is 0 Å². The maximum absolute atomic E-state index is 5.59. The molecular weight excluding hydrogens is 252 g/mol. The minimum Gasteiger partial charge on any atom is -0.377 e. The second-order valence-electron chi connectivity index (χ2n) is 5.12. The first-order chi connectivity index (χ1) is 9.52. The van der Waals surface area contributed by atoms with Gasteiger partial charge in [-0.25, -0.2) is 15.0 Å². The standard InChI is InChI=1S/C15H22N4O/c1-6-20-12(4)8-19(5)15-13-10(2)7-11(3)18-14(13)16-9-17-15/h7,9,12H,6,8H2,1-5H3. The fourth-order valence-electron chi connectivity index (χ4n) is 2.49. The summed E-state index contributed by atoms with van der Waals surface area (Å²) in [5.74, 6) is 0.909. The molecule has 108 valence electrons. The molecule has 0 radical (unpaired) electrons. The molecule has 5 nitrogen and oxygen atoms in total. The number of aromatic nitrogens is 3. The van der Waals surface area contributed by atoms with E-state index in [2.05, 4.69) is 39.8 Å². The molecule has 0 bridgehead atoms. The Morgan fingerprint density at radius 2 is 2.05 bits per heavy atom. The van der Waals surface area contributed by atoms with E-state index in [1.54, 1.807) is 6.33 Å². The normalized spacial score (nSPS) is 12.7. The van der Waals surface area contributed by atoms with Gasteiger partial charge in [0.1, 0.15) is 12.1 Å². The molecule has 2 rings (SSSR count). The number of anilines is 1. The van der Waals surface area contributed by atoms with Gasteiger partial charge in [-0.2, -0.15) is 0 Å². The van der Waals surface area contributed by atoms with Gasteiger partial charge >= 0.3 is 0 Å². The molecule has 5 heteroatoms. The van der Waals surface area contributed by atoms with Crippen LogP contribution in [0.1, 0.15) is 25.1 Å². The third-order valence-corrected chi connectivity index (χ3v) is 3.25. The van der Waals surface area contributed by atoms with Gasteiger partial charge in [0.25, 0.3) is 0 Å². The number of rotatable bonds is 5. The van der Waals surface area contributed by atoms with Gasteiger partial charge in [-0.3, -0.25) is 0 Å². The van der Waals surface area contributed by atoms with Gasteiger partial charge in [-0.05, 0) is 39.3 Å². The third-order valence-electron chi connectivity index (χ3n) is 3.25. The van der Waals surface area contributed by atoms with Gasteiger partial charge in [0.15, 0.2) is 5.65 Å². The molecule has 0 saturated carbocycles. The van der Waals surface area contributed by atoms with Gasteiger partial charge in [-0.15, -0.1) is 0 Å². The number of fused-ring (bicyclic) bond motifs is 1. The first-order valence-corrected chi connectivity index (χ1v) is 6.94. The number of ether oxygens (including phenoxy) is 1. The summed E-state index contributed by atoms with van der Waals surface area (Å²) in [5, 5.41) is 1.02. The van der Waals surface area contributed by atoms with Crippen molar-refractivity contribution >= 4 is 16.9 Å². The molecule has 20 heavy (non-hydrogen) atoms. The van der Waals surface area contributed by atoms with Gasteiger partial charge in [-0.1, -0.05) is 0 Å². The molecule has 0 fully saturated rings. The minimum atomic E-state index is 0.161. The monoisotopic (exact) mass is 274 g/mol. The smallest absolute Gasteiger partial charge is 0.165 e. The molecule has 2 heterocycles. The average molecular weight is 274 g/mol. The van der Waals surface area contributed by atoms with Crippen LogP contribution in [0.3, 0.4) is 0 Å². The quantitative estimate of drug-likeness (QED) is 0.838. The summed E-state index contributed by atoms with van der Waals surface area (Å²) in [6, 6.07) is 2.06. The van der Waals surface area contributed by atoms with Crippen molar-refractivity contribution in [2.75, 3.05) is 25.1 Å². The molecule has 0 aliphatic heterocycles. The van der Waals surface area contributed by atoms with Gasteiger partial charge in [0.2, 0.25) is 0 Å². The lowest BCUT2D eigenvalue weighted by atomic mass is 10.1. The molecule has 0 amide bonds. The highest BCUT2D eigenvalue weighted by atomic mass is 16.5. The highest BCUT2D eigenvalue weighted by Crippen LogP contribution is 2.25. The Morgan fingerprint density at radius 3 is 2.75 bits per heavy atom. The number of nitrogens with zero attached hydrogens (tertiary/aromatic N) is 4. The van der Waals surface area contributed by atoms with Crippen LogP contribution in [0.4, 0.5) is 5.82 Å². The summed E-state index contributed by atoms with van der Waals surface area (Å²) >= 11 is 0. The van der Waals surface area contributed by atoms with Crippen molar-refractivity contribution in [3.63, 3.8) is 0 Å². The molecule has 0 aliphatic carbocycles. The third kappa shape index (κ3) is 3.04. The van der Waals surface area contributed by atoms with E-state index in [9.17, 15) is 0 Å². The van der Waals surface area contributed by atoms with E-state index < -0.39 is 0 Å². The van der Waals surface area contributed by atoms with E-state index in [1.807, 2.05) is 20.9 Å². The molecule has 0 saturated heterocycles. The molecule has 1 unspecified atom stereocenters. The van der Waals surface area contributed by atoms with Crippen molar-refractivity contribution in [3.05, 3.63) is 23.7 Å². The second kappa shape index (κ2) is 6.13. The van der Waals surface area contributed by atoms with Crippen LogP contribution in [-0.4, -0.2) is 41.3 Å². The van der Waals surface area contributed by atoms with Crippen molar-refractivity contribution in [1.82, 2.24) is 15.0 Å². The van der Waals surface area contributed by atoms with E-state index >= 15 is 0 Å². The largest absolute Gasteiger partial charge is 0.377 e. The van der Waals surface area contributed by atoms with Gasteiger partial charge in [0, 0.05) is 25.9 Å². The molecule has 0 aliphatic rings. The fourth-order valence-corrected chi connectivity index (χ4v) is 2.49. The zero-order valence-electron chi connectivity index (χ0n) is 12.8. The van der Waals surface area contributed by atoms with Crippen LogP contribution < -0.4 is 4.90 Å². The maximum Gasteiger partial charge on any atom is 0.165 e. The highest BCUT2D eigenvalue weighted by Gasteiger charge is 2.14. The predicted octanol–water partition coefficient (Wildman–Crippen LogP) is 2.50. The van der Waals surface area contributed by atoms with E-state index in [0.29, 0.717) is 0 Å². The van der Waals surface area contributed by atoms with Gasteiger partial charge < -0.3 is 9.64 Å². The summed E-state index contributed by atoms with van der Waals surface area (Å²) in [5.41, 5.74) is 2.88. The summed E-state index contributed by atoms with van der Waals surface area (Å²) in [6.07, 6.45) is 1.74. The molecule has 0 aromatic carbocycles. The number of aryl methyl sites for hydroxylation is 2. The van der Waals surface area contributed by atoms with E-state index in [4.69, 9.17) is 4.74 Å². The van der Waals surface area contributed by atoms with Crippen LogP contribution in [0.2, 0.25) is 0 Å². The second-order valence-corrected chi connectivity index (χ2v) is 5.12. The Balaban J connectivity index is 2.39. The molecule has 1 atom stereocenters. The van der Waals surface area contributed by atoms with Crippen LogP contribution in [0, 0.1) is 13.8 Å². The molecule has 2 aromatic rings. The van der Waals surface area contributed by atoms with Crippen LogP contribution in [0.25, 0.3) is 11.0 Å². The molecule has 0 N–H and O–H groups in total. The van der Waals surface area contributed by atoms with Crippen molar-refractivity contribution in [2.45, 2.75) is 33.8 Å². The van der Waals surface area contributed by atoms with E-state index in [-0.39, 0.29) is 6.10 Å². The lowest BCUT2D eigenvalue weighted by Crippen LogP contribution is -2.30. The van der Waals surface area contributed by atoms with Crippen molar-refractivity contribution in [1.29, 1.82) is 0 Å². The molecular formula is C15H22N4O. The van der Waals surface area contributed by atoms with Crippen LogP contribution >= 0.6 is 0 Å². The Kier molecular flexibility index (Phi) is 4.49. The first-order valence-electron chi connectivity index (χ1n) is 6.94. The number of pyridine rings is 1. The summed E-state index contributed by atoms with van der Waals surface area (Å²) in [4.78, 5) is 15.3. The Labute approximate surface area is 120 Å². The first kappa shape index (κ1) is 14.7. The van der Waals surface area contributed by atoms with Gasteiger partial charge in [0.05, 0.1) is 11.5 Å². The lowest BCUT2D eigenvalue weighted by molar-refractivity contribution is 0.0817. The molecule has 0 spiro atoms. The van der Waals surface area contributed by atoms with Crippen molar-refractivity contribution in [2.24, 2.45) is 0 Å².